The second kappa shape index (κ2) is 7.10. The molecular weight excluding hydrogens is 312 g/mol. The first-order valence-corrected chi connectivity index (χ1v) is 10.2. The number of hydrogen-bond acceptors (Lipinski definition) is 3. The lowest BCUT2D eigenvalue weighted by atomic mass is 9.91. The molecule has 2 aliphatic carbocycles. The monoisotopic (exact) mass is 344 g/mol. The van der Waals surface area contributed by atoms with Gasteiger partial charge in [-0.15, -0.1) is 0 Å². The average Bonchev–Trinajstić information content (AvgIpc) is 3.13. The summed E-state index contributed by atoms with van der Waals surface area (Å²) in [6.07, 6.45) is 8.21. The lowest BCUT2D eigenvalue weighted by Gasteiger charge is -2.25. The van der Waals surface area contributed by atoms with E-state index in [1.165, 1.54) is 30.5 Å². The Bertz CT molecular complexity index is 626. The van der Waals surface area contributed by atoms with E-state index in [9.17, 15) is 4.79 Å². The van der Waals surface area contributed by atoms with Gasteiger partial charge in [0.15, 0.2) is 5.69 Å². The fourth-order valence-corrected chi connectivity index (χ4v) is 4.26. The number of carbonyl (C=O) groups is 1. The van der Waals surface area contributed by atoms with Crippen LogP contribution in [-0.4, -0.2) is 46.3 Å². The third-order valence-corrected chi connectivity index (χ3v) is 5.87. The summed E-state index contributed by atoms with van der Waals surface area (Å²) in [4.78, 5) is 15.0. The van der Waals surface area contributed by atoms with Gasteiger partial charge in [0.05, 0.1) is 0 Å². The van der Waals surface area contributed by atoms with Crippen molar-refractivity contribution in [3.8, 4) is 0 Å². The van der Waals surface area contributed by atoms with E-state index < -0.39 is 0 Å². The predicted molar refractivity (Wildman–Crippen MR) is 98.7 cm³/mol. The van der Waals surface area contributed by atoms with Crippen LogP contribution in [-0.2, 0) is 19.4 Å². The Morgan fingerprint density at radius 1 is 1.24 bits per heavy atom. The molecule has 2 fully saturated rings. The maximum absolute atomic E-state index is 13.0. The zero-order valence-electron chi connectivity index (χ0n) is 15.8. The minimum atomic E-state index is 0.166. The Kier molecular flexibility index (Phi) is 4.85. The summed E-state index contributed by atoms with van der Waals surface area (Å²) in [5.74, 6) is 1.61. The van der Waals surface area contributed by atoms with Crippen LogP contribution in [0.5, 0.6) is 0 Å². The smallest absolute Gasteiger partial charge is 0.274 e. The molecule has 1 aromatic rings. The maximum atomic E-state index is 13.0. The zero-order valence-corrected chi connectivity index (χ0v) is 15.8. The molecule has 25 heavy (non-hydrogen) atoms. The highest BCUT2D eigenvalue weighted by molar-refractivity contribution is 5.94. The van der Waals surface area contributed by atoms with Crippen molar-refractivity contribution in [3.63, 3.8) is 0 Å². The summed E-state index contributed by atoms with van der Waals surface area (Å²) in [5.41, 5.74) is 3.30. The summed E-state index contributed by atoms with van der Waals surface area (Å²) in [5, 5.41) is 8.56. The quantitative estimate of drug-likeness (QED) is 0.863. The number of aromatic nitrogens is 2. The van der Waals surface area contributed by atoms with Gasteiger partial charge in [-0.05, 0) is 63.3 Å². The highest BCUT2D eigenvalue weighted by atomic mass is 16.2. The van der Waals surface area contributed by atoms with E-state index in [0.29, 0.717) is 12.0 Å². The van der Waals surface area contributed by atoms with Crippen LogP contribution in [0, 0.1) is 11.8 Å². The summed E-state index contributed by atoms with van der Waals surface area (Å²) in [6, 6.07) is 0.509. The summed E-state index contributed by atoms with van der Waals surface area (Å²) in [6.45, 7) is 8.30. The van der Waals surface area contributed by atoms with Crippen LogP contribution in [0.25, 0.3) is 0 Å². The highest BCUT2D eigenvalue weighted by Gasteiger charge is 2.32. The Morgan fingerprint density at radius 2 is 2.00 bits per heavy atom. The summed E-state index contributed by atoms with van der Waals surface area (Å²) >= 11 is 0. The van der Waals surface area contributed by atoms with Crippen LogP contribution in [0.3, 0.4) is 0 Å². The molecule has 1 atom stereocenters. The molecule has 0 aromatic carbocycles. The van der Waals surface area contributed by atoms with Gasteiger partial charge in [-0.2, -0.15) is 5.10 Å². The van der Waals surface area contributed by atoms with Crippen molar-refractivity contribution >= 4 is 5.91 Å². The van der Waals surface area contributed by atoms with Crippen LogP contribution < -0.4 is 5.32 Å². The molecule has 1 aromatic heterocycles. The maximum Gasteiger partial charge on any atom is 0.274 e. The fourth-order valence-electron chi connectivity index (χ4n) is 4.26. The molecule has 1 N–H and O–H groups in total. The van der Waals surface area contributed by atoms with Crippen molar-refractivity contribution in [2.45, 2.75) is 71.4 Å². The first-order chi connectivity index (χ1) is 12.1. The average molecular weight is 345 g/mol. The molecule has 0 bridgehead atoms. The number of nitrogens with one attached hydrogen (secondary N) is 1. The summed E-state index contributed by atoms with van der Waals surface area (Å²) < 4.78 is 2.14. The van der Waals surface area contributed by atoms with E-state index in [1.54, 1.807) is 0 Å². The van der Waals surface area contributed by atoms with Crippen LogP contribution in [0.1, 0.15) is 67.7 Å². The number of carbonyl (C=O) groups excluding carboxylic acids is 1. The van der Waals surface area contributed by atoms with Gasteiger partial charge < -0.3 is 10.2 Å². The third kappa shape index (κ3) is 3.76. The van der Waals surface area contributed by atoms with Gasteiger partial charge in [-0.1, -0.05) is 13.8 Å². The van der Waals surface area contributed by atoms with E-state index in [0.717, 1.165) is 63.5 Å². The van der Waals surface area contributed by atoms with Crippen molar-refractivity contribution in [2.75, 3.05) is 19.6 Å². The summed E-state index contributed by atoms with van der Waals surface area (Å²) in [7, 11) is 0. The van der Waals surface area contributed by atoms with Crippen molar-refractivity contribution in [1.82, 2.24) is 20.0 Å². The number of amides is 1. The van der Waals surface area contributed by atoms with Crippen molar-refractivity contribution in [2.24, 2.45) is 11.8 Å². The van der Waals surface area contributed by atoms with Gasteiger partial charge in [-0.3, -0.25) is 9.48 Å². The molecule has 5 heteroatoms. The molecule has 0 unspecified atom stereocenters. The SMILES string of the molecule is CC(C)Cn1nc(C(=O)N2CCCC2)c2c1CC[C@H](NCC1CC1)C2. The Morgan fingerprint density at radius 3 is 2.68 bits per heavy atom. The first kappa shape index (κ1) is 17.1. The standard InChI is InChI=1S/C20H32N4O/c1-14(2)13-24-18-8-7-16(21-12-15-5-6-15)11-17(18)19(22-24)20(25)23-9-3-4-10-23/h14-16,21H,3-13H2,1-2H3/t16-/m0/s1. The second-order valence-corrected chi connectivity index (χ2v) is 8.64. The number of likely N-dealkylation sites (tertiary alicyclic amines) is 1. The van der Waals surface area contributed by atoms with E-state index in [2.05, 4.69) is 23.8 Å². The molecule has 5 nitrogen and oxygen atoms in total. The topological polar surface area (TPSA) is 50.2 Å². The Balaban J connectivity index is 1.56. The molecule has 0 radical (unpaired) electrons. The van der Waals surface area contributed by atoms with Gasteiger partial charge >= 0.3 is 0 Å². The number of nitrogens with zero attached hydrogens (tertiary/aromatic N) is 3. The Hall–Kier alpha value is -1.36. The molecule has 1 saturated heterocycles. The zero-order chi connectivity index (χ0) is 17.4. The number of rotatable bonds is 6. The van der Waals surface area contributed by atoms with E-state index in [-0.39, 0.29) is 5.91 Å². The van der Waals surface area contributed by atoms with Gasteiger partial charge in [0, 0.05) is 36.9 Å². The lowest BCUT2D eigenvalue weighted by molar-refractivity contribution is 0.0784. The van der Waals surface area contributed by atoms with Gasteiger partial charge in [0.25, 0.3) is 5.91 Å². The molecule has 1 aliphatic heterocycles. The van der Waals surface area contributed by atoms with Gasteiger partial charge in [-0.25, -0.2) is 0 Å². The number of hydrogen-bond donors (Lipinski definition) is 1. The second-order valence-electron chi connectivity index (χ2n) is 8.64. The first-order valence-electron chi connectivity index (χ1n) is 10.2. The van der Waals surface area contributed by atoms with Crippen molar-refractivity contribution in [3.05, 3.63) is 17.0 Å². The van der Waals surface area contributed by atoms with Crippen LogP contribution in [0.15, 0.2) is 0 Å². The van der Waals surface area contributed by atoms with Gasteiger partial charge in [0.2, 0.25) is 0 Å². The van der Waals surface area contributed by atoms with Gasteiger partial charge in [0.1, 0.15) is 0 Å². The number of fused-ring (bicyclic) bond motifs is 1. The molecule has 3 aliphatic rings. The van der Waals surface area contributed by atoms with Crippen LogP contribution >= 0.6 is 0 Å². The lowest BCUT2D eigenvalue weighted by Crippen LogP contribution is -2.37. The molecule has 1 amide bonds. The highest BCUT2D eigenvalue weighted by Crippen LogP contribution is 2.30. The van der Waals surface area contributed by atoms with Crippen LogP contribution in [0.4, 0.5) is 0 Å². The van der Waals surface area contributed by atoms with E-state index >= 15 is 0 Å². The van der Waals surface area contributed by atoms with Crippen molar-refractivity contribution < 1.29 is 4.79 Å². The normalized spacial score (nSPS) is 23.3. The Labute approximate surface area is 151 Å². The molecule has 0 spiro atoms. The molecule has 4 rings (SSSR count). The van der Waals surface area contributed by atoms with E-state index in [4.69, 9.17) is 5.10 Å². The predicted octanol–water partition coefficient (Wildman–Crippen LogP) is 2.63. The van der Waals surface area contributed by atoms with E-state index in [1.807, 2.05) is 4.90 Å². The largest absolute Gasteiger partial charge is 0.337 e. The molecular formula is C20H32N4O. The minimum Gasteiger partial charge on any atom is -0.337 e. The third-order valence-electron chi connectivity index (χ3n) is 5.87. The molecule has 2 heterocycles. The minimum absolute atomic E-state index is 0.166. The molecule has 1 saturated carbocycles. The van der Waals surface area contributed by atoms with Crippen LogP contribution in [0.2, 0.25) is 0 Å². The fraction of sp³-hybridized carbons (Fsp3) is 0.800. The molecule has 138 valence electrons. The van der Waals surface area contributed by atoms with Crippen molar-refractivity contribution in [1.29, 1.82) is 0 Å².